The van der Waals surface area contributed by atoms with Crippen molar-refractivity contribution < 1.29 is 20.4 Å². The molecule has 0 unspecified atom stereocenters. The summed E-state index contributed by atoms with van der Waals surface area (Å²) in [6.45, 7) is 2.09. The molecular weight excluding hydrogens is 172 g/mol. The molecule has 0 aliphatic rings. The number of rotatable bonds is 6. The second-order valence-corrected chi connectivity index (χ2v) is 3.07. The van der Waals surface area contributed by atoms with Gasteiger partial charge in [-0.25, -0.2) is 0 Å². The van der Waals surface area contributed by atoms with Gasteiger partial charge >= 0.3 is 5.97 Å². The van der Waals surface area contributed by atoms with Crippen LogP contribution in [0.25, 0.3) is 0 Å². The molecule has 0 saturated heterocycles. The van der Waals surface area contributed by atoms with E-state index in [0.717, 1.165) is 25.7 Å². The third-order valence-corrected chi connectivity index (χ3v) is 1.74. The maximum absolute atomic E-state index is 8.85. The Bertz CT molecular complexity index is 157. The highest BCUT2D eigenvalue weighted by Gasteiger charge is 2.23. The Kier molecular flexibility index (Phi) is 5.70. The summed E-state index contributed by atoms with van der Waals surface area (Å²) in [4.78, 5) is 0. The molecule has 13 heavy (non-hydrogen) atoms. The number of allylic oxidation sites excluding steroid dienone is 1. The molecule has 0 saturated carbocycles. The van der Waals surface area contributed by atoms with Crippen LogP contribution in [0.2, 0.25) is 0 Å². The van der Waals surface area contributed by atoms with Gasteiger partial charge in [-0.15, -0.1) is 0 Å². The minimum Gasteiger partial charge on any atom is -0.505 e. The molecule has 0 amide bonds. The van der Waals surface area contributed by atoms with Crippen LogP contribution in [0.1, 0.15) is 39.0 Å². The lowest BCUT2D eigenvalue weighted by atomic mass is 10.1. The molecule has 0 bridgehead atoms. The van der Waals surface area contributed by atoms with Gasteiger partial charge in [0.2, 0.25) is 0 Å². The van der Waals surface area contributed by atoms with Crippen molar-refractivity contribution in [1.29, 1.82) is 0 Å². The third-order valence-electron chi connectivity index (χ3n) is 1.74. The molecule has 0 aliphatic heterocycles. The number of aliphatic hydroxyl groups is 4. The maximum Gasteiger partial charge on any atom is 0.337 e. The Hall–Kier alpha value is -0.580. The first-order valence-electron chi connectivity index (χ1n) is 4.55. The molecule has 0 atom stereocenters. The normalized spacial score (nSPS) is 13.4. The van der Waals surface area contributed by atoms with Crippen LogP contribution in [0.15, 0.2) is 11.8 Å². The number of hydrogen-bond acceptors (Lipinski definition) is 4. The van der Waals surface area contributed by atoms with Gasteiger partial charge in [-0.05, 0) is 18.9 Å². The van der Waals surface area contributed by atoms with Gasteiger partial charge in [0.15, 0.2) is 5.76 Å². The second-order valence-electron chi connectivity index (χ2n) is 3.07. The monoisotopic (exact) mass is 190 g/mol. The maximum atomic E-state index is 8.85. The molecule has 0 rings (SSSR count). The van der Waals surface area contributed by atoms with Gasteiger partial charge in [0.05, 0.1) is 0 Å². The van der Waals surface area contributed by atoms with Crippen LogP contribution >= 0.6 is 0 Å². The molecule has 0 aliphatic carbocycles. The number of unbranched alkanes of at least 4 members (excludes halogenated alkanes) is 4. The second kappa shape index (κ2) is 5.96. The van der Waals surface area contributed by atoms with Gasteiger partial charge in [0, 0.05) is 0 Å². The largest absolute Gasteiger partial charge is 0.505 e. The van der Waals surface area contributed by atoms with E-state index in [1.165, 1.54) is 6.08 Å². The van der Waals surface area contributed by atoms with Crippen LogP contribution in [0.4, 0.5) is 0 Å². The Labute approximate surface area is 78.1 Å². The quantitative estimate of drug-likeness (QED) is 0.286. The Balaban J connectivity index is 3.60. The molecule has 0 aromatic carbocycles. The number of aliphatic hydroxyl groups excluding tert-OH is 1. The Morgan fingerprint density at radius 2 is 1.77 bits per heavy atom. The average molecular weight is 190 g/mol. The van der Waals surface area contributed by atoms with Crippen LogP contribution in [0.3, 0.4) is 0 Å². The standard InChI is InChI=1S/C9H18O4/c1-2-3-4-5-6-7-8(10)9(11,12)13/h7,10-13H,2-6H2,1H3. The van der Waals surface area contributed by atoms with E-state index in [1.807, 2.05) is 0 Å². The van der Waals surface area contributed by atoms with Crippen molar-refractivity contribution in [2.45, 2.75) is 45.0 Å². The van der Waals surface area contributed by atoms with Crippen molar-refractivity contribution in [2.24, 2.45) is 0 Å². The molecule has 4 N–H and O–H groups in total. The fraction of sp³-hybridized carbons (Fsp3) is 0.778. The summed E-state index contributed by atoms with van der Waals surface area (Å²) >= 11 is 0. The van der Waals surface area contributed by atoms with Crippen molar-refractivity contribution in [3.63, 3.8) is 0 Å². The predicted molar refractivity (Wildman–Crippen MR) is 48.9 cm³/mol. The van der Waals surface area contributed by atoms with E-state index in [1.54, 1.807) is 0 Å². The van der Waals surface area contributed by atoms with E-state index >= 15 is 0 Å². The molecule has 78 valence electrons. The Morgan fingerprint density at radius 1 is 1.15 bits per heavy atom. The van der Waals surface area contributed by atoms with Gasteiger partial charge in [0.25, 0.3) is 0 Å². The molecule has 4 nitrogen and oxygen atoms in total. The highest BCUT2D eigenvalue weighted by molar-refractivity contribution is 4.96. The van der Waals surface area contributed by atoms with Crippen molar-refractivity contribution in [3.8, 4) is 0 Å². The summed E-state index contributed by atoms with van der Waals surface area (Å²) in [6, 6.07) is 0. The van der Waals surface area contributed by atoms with Crippen LogP contribution in [-0.4, -0.2) is 26.4 Å². The van der Waals surface area contributed by atoms with Crippen LogP contribution in [-0.2, 0) is 0 Å². The fourth-order valence-corrected chi connectivity index (χ4v) is 0.947. The van der Waals surface area contributed by atoms with E-state index in [0.29, 0.717) is 6.42 Å². The highest BCUT2D eigenvalue weighted by atomic mass is 16.7. The molecule has 0 radical (unpaired) electrons. The molecular formula is C9H18O4. The zero-order valence-corrected chi connectivity index (χ0v) is 7.90. The molecule has 0 fully saturated rings. The van der Waals surface area contributed by atoms with Crippen LogP contribution < -0.4 is 0 Å². The van der Waals surface area contributed by atoms with Crippen molar-refractivity contribution in [2.75, 3.05) is 0 Å². The lowest BCUT2D eigenvalue weighted by Crippen LogP contribution is -2.29. The average Bonchev–Trinajstić information content (AvgIpc) is 2.02. The summed E-state index contributed by atoms with van der Waals surface area (Å²) in [5.41, 5.74) is 0. The van der Waals surface area contributed by atoms with Crippen LogP contribution in [0.5, 0.6) is 0 Å². The summed E-state index contributed by atoms with van der Waals surface area (Å²) in [5.74, 6) is -3.88. The van der Waals surface area contributed by atoms with E-state index in [4.69, 9.17) is 20.4 Å². The first kappa shape index (κ1) is 12.4. The minimum atomic E-state index is -3.08. The Morgan fingerprint density at radius 3 is 2.23 bits per heavy atom. The van der Waals surface area contributed by atoms with E-state index in [-0.39, 0.29) is 0 Å². The summed E-state index contributed by atoms with van der Waals surface area (Å²) in [6.07, 6.45) is 5.91. The zero-order chi connectivity index (χ0) is 10.3. The fourth-order valence-electron chi connectivity index (χ4n) is 0.947. The highest BCUT2D eigenvalue weighted by Crippen LogP contribution is 2.09. The SMILES string of the molecule is CCCCCCC=C(O)C(O)(O)O. The van der Waals surface area contributed by atoms with E-state index in [2.05, 4.69) is 6.92 Å². The van der Waals surface area contributed by atoms with Crippen molar-refractivity contribution in [1.82, 2.24) is 0 Å². The topological polar surface area (TPSA) is 80.9 Å². The molecule has 0 heterocycles. The summed E-state index contributed by atoms with van der Waals surface area (Å²) in [7, 11) is 0. The van der Waals surface area contributed by atoms with Gasteiger partial charge in [-0.3, -0.25) is 0 Å². The lowest BCUT2D eigenvalue weighted by molar-refractivity contribution is -0.298. The first-order chi connectivity index (χ1) is 5.98. The molecule has 0 aromatic heterocycles. The predicted octanol–water partition coefficient (Wildman–Crippen LogP) is 1.03. The van der Waals surface area contributed by atoms with E-state index in [9.17, 15) is 0 Å². The van der Waals surface area contributed by atoms with Crippen LogP contribution in [0, 0.1) is 0 Å². The summed E-state index contributed by atoms with van der Waals surface area (Å²) in [5, 5.41) is 34.3. The zero-order valence-electron chi connectivity index (χ0n) is 7.90. The van der Waals surface area contributed by atoms with Gasteiger partial charge in [-0.2, -0.15) is 0 Å². The summed E-state index contributed by atoms with van der Waals surface area (Å²) < 4.78 is 0. The molecule has 0 aromatic rings. The molecule has 4 heteroatoms. The van der Waals surface area contributed by atoms with Gasteiger partial charge in [0.1, 0.15) is 0 Å². The third kappa shape index (κ3) is 6.57. The van der Waals surface area contributed by atoms with Crippen molar-refractivity contribution >= 4 is 0 Å². The van der Waals surface area contributed by atoms with Gasteiger partial charge in [-0.1, -0.05) is 26.2 Å². The lowest BCUT2D eigenvalue weighted by Gasteiger charge is -2.12. The van der Waals surface area contributed by atoms with Gasteiger partial charge < -0.3 is 20.4 Å². The molecule has 0 spiro atoms. The first-order valence-corrected chi connectivity index (χ1v) is 4.55. The number of hydrogen-bond donors (Lipinski definition) is 4. The smallest absolute Gasteiger partial charge is 0.337 e. The van der Waals surface area contributed by atoms with E-state index < -0.39 is 11.7 Å². The minimum absolute atomic E-state index is 0.537. The van der Waals surface area contributed by atoms with Crippen molar-refractivity contribution in [3.05, 3.63) is 11.8 Å².